The van der Waals surface area contributed by atoms with E-state index in [1.54, 1.807) is 0 Å². The first-order chi connectivity index (χ1) is 14.2. The van der Waals surface area contributed by atoms with Gasteiger partial charge in [-0.25, -0.2) is 0 Å². The molecule has 2 aromatic rings. The van der Waals surface area contributed by atoms with Crippen molar-refractivity contribution in [2.24, 2.45) is 5.92 Å². The monoisotopic (exact) mass is 387 g/mol. The van der Waals surface area contributed by atoms with Gasteiger partial charge < -0.3 is 4.90 Å². The summed E-state index contributed by atoms with van der Waals surface area (Å²) in [6.45, 7) is 0.810. The molecule has 3 nitrogen and oxygen atoms in total. The number of likely N-dealkylation sites (tertiary alicyclic amines) is 1. The van der Waals surface area contributed by atoms with Crippen molar-refractivity contribution in [3.05, 3.63) is 70.8 Å². The third kappa shape index (κ3) is 3.41. The number of hydrogen-bond donors (Lipinski definition) is 0. The van der Waals surface area contributed by atoms with Crippen LogP contribution in [-0.4, -0.2) is 29.2 Å². The summed E-state index contributed by atoms with van der Waals surface area (Å²) in [5, 5.41) is 0. The molecule has 2 fully saturated rings. The highest BCUT2D eigenvalue weighted by atomic mass is 16.2. The number of rotatable bonds is 2. The average Bonchev–Trinajstić information content (AvgIpc) is 2.78. The van der Waals surface area contributed by atoms with Gasteiger partial charge in [0.25, 0.3) is 5.91 Å². The van der Waals surface area contributed by atoms with Crippen LogP contribution in [-0.2, 0) is 6.42 Å². The summed E-state index contributed by atoms with van der Waals surface area (Å²) in [7, 11) is 0. The molecule has 5 rings (SSSR count). The summed E-state index contributed by atoms with van der Waals surface area (Å²) < 4.78 is 0. The lowest BCUT2D eigenvalue weighted by molar-refractivity contribution is 0.0319. The normalized spacial score (nSPS) is 26.6. The van der Waals surface area contributed by atoms with Crippen molar-refractivity contribution in [1.82, 2.24) is 4.90 Å². The zero-order chi connectivity index (χ0) is 19.8. The van der Waals surface area contributed by atoms with E-state index in [0.717, 1.165) is 43.4 Å². The Bertz CT molecular complexity index is 920. The predicted octanol–water partition coefficient (Wildman–Crippen LogP) is 5.39. The lowest BCUT2D eigenvalue weighted by Gasteiger charge is -2.48. The Labute approximate surface area is 173 Å². The van der Waals surface area contributed by atoms with Gasteiger partial charge in [0.15, 0.2) is 5.78 Å². The van der Waals surface area contributed by atoms with Crippen LogP contribution >= 0.6 is 0 Å². The lowest BCUT2D eigenvalue weighted by atomic mass is 9.69. The molecular formula is C26H29NO2. The molecule has 1 heterocycles. The molecule has 3 aliphatic rings. The first-order valence-electron chi connectivity index (χ1n) is 11.2. The van der Waals surface area contributed by atoms with Gasteiger partial charge >= 0.3 is 0 Å². The molecule has 29 heavy (non-hydrogen) atoms. The second-order valence-electron chi connectivity index (χ2n) is 8.97. The van der Waals surface area contributed by atoms with Crippen molar-refractivity contribution in [2.75, 3.05) is 6.54 Å². The summed E-state index contributed by atoms with van der Waals surface area (Å²) in [4.78, 5) is 28.0. The van der Waals surface area contributed by atoms with Crippen LogP contribution < -0.4 is 0 Å². The maximum Gasteiger partial charge on any atom is 0.254 e. The van der Waals surface area contributed by atoms with Crippen molar-refractivity contribution >= 4 is 11.7 Å². The van der Waals surface area contributed by atoms with Crippen LogP contribution in [0, 0.1) is 5.92 Å². The molecular weight excluding hydrogens is 358 g/mol. The van der Waals surface area contributed by atoms with Crippen molar-refractivity contribution in [3.8, 4) is 0 Å². The highest BCUT2D eigenvalue weighted by molar-refractivity contribution is 6.02. The molecule has 0 N–H and O–H groups in total. The first-order valence-corrected chi connectivity index (χ1v) is 11.2. The summed E-state index contributed by atoms with van der Waals surface area (Å²) in [6, 6.07) is 17.0. The van der Waals surface area contributed by atoms with E-state index in [-0.39, 0.29) is 11.7 Å². The molecule has 0 bridgehead atoms. The molecule has 150 valence electrons. The van der Waals surface area contributed by atoms with Gasteiger partial charge in [-0.3, -0.25) is 9.59 Å². The number of Topliss-reactive ketones (excluding diaryl/α,β-unsaturated/α-hetero) is 1. The number of piperidine rings is 1. The van der Waals surface area contributed by atoms with Crippen molar-refractivity contribution in [2.45, 2.75) is 63.3 Å². The summed E-state index contributed by atoms with van der Waals surface area (Å²) in [5.74, 6) is 1.41. The molecule has 0 unspecified atom stereocenters. The minimum atomic E-state index is 0.120. The minimum absolute atomic E-state index is 0.120. The predicted molar refractivity (Wildman–Crippen MR) is 114 cm³/mol. The standard InChI is InChI=1S/C26H29NO2/c28-25-12-6-9-19-13-14-20(17-23(19)25)26(29)27-16-15-21(18-7-2-1-3-8-18)22-10-4-5-11-24(22)27/h1-3,7-8,13-14,17,21-22,24H,4-6,9-12,15-16H2/t21-,22-,24+/m0/s1. The Balaban J connectivity index is 1.42. The molecule has 3 heteroatoms. The Kier molecular flexibility index (Phi) is 4.99. The fourth-order valence-corrected chi connectivity index (χ4v) is 5.95. The van der Waals surface area contributed by atoms with Crippen LogP contribution in [0.2, 0.25) is 0 Å². The second kappa shape index (κ2) is 7.78. The zero-order valence-electron chi connectivity index (χ0n) is 17.0. The van der Waals surface area contributed by atoms with Crippen LogP contribution in [0.5, 0.6) is 0 Å². The minimum Gasteiger partial charge on any atom is -0.335 e. The van der Waals surface area contributed by atoms with Gasteiger partial charge in [0.05, 0.1) is 0 Å². The number of nitrogens with zero attached hydrogens (tertiary/aromatic N) is 1. The largest absolute Gasteiger partial charge is 0.335 e. The zero-order valence-corrected chi connectivity index (χ0v) is 17.0. The number of amides is 1. The number of fused-ring (bicyclic) bond motifs is 2. The van der Waals surface area contributed by atoms with E-state index >= 15 is 0 Å². The Morgan fingerprint density at radius 2 is 1.72 bits per heavy atom. The van der Waals surface area contributed by atoms with E-state index in [1.165, 1.54) is 24.8 Å². The van der Waals surface area contributed by atoms with E-state index in [9.17, 15) is 9.59 Å². The van der Waals surface area contributed by atoms with E-state index in [2.05, 4.69) is 35.2 Å². The molecule has 3 atom stereocenters. The highest BCUT2D eigenvalue weighted by Crippen LogP contribution is 2.44. The van der Waals surface area contributed by atoms with E-state index < -0.39 is 0 Å². The Hall–Kier alpha value is -2.42. The number of carbonyl (C=O) groups excluding carboxylic acids is 2. The quantitative estimate of drug-likeness (QED) is 0.692. The van der Waals surface area contributed by atoms with Crippen molar-refractivity contribution in [1.29, 1.82) is 0 Å². The van der Waals surface area contributed by atoms with Gasteiger partial charge in [-0.05, 0) is 67.2 Å². The molecule has 0 radical (unpaired) electrons. The van der Waals surface area contributed by atoms with Crippen molar-refractivity contribution < 1.29 is 9.59 Å². The third-order valence-electron chi connectivity index (χ3n) is 7.38. The van der Waals surface area contributed by atoms with Crippen LogP contribution in [0.4, 0.5) is 0 Å². The van der Waals surface area contributed by atoms with E-state index in [4.69, 9.17) is 0 Å². The topological polar surface area (TPSA) is 37.4 Å². The number of benzene rings is 2. The van der Waals surface area contributed by atoms with Gasteiger partial charge in [0, 0.05) is 30.1 Å². The maximum absolute atomic E-state index is 13.5. The molecule has 1 saturated carbocycles. The first kappa shape index (κ1) is 18.6. The highest BCUT2D eigenvalue weighted by Gasteiger charge is 2.42. The van der Waals surface area contributed by atoms with Gasteiger partial charge in [-0.2, -0.15) is 0 Å². The number of aryl methyl sites for hydroxylation is 1. The number of ketones is 1. The Morgan fingerprint density at radius 3 is 2.59 bits per heavy atom. The van der Waals surface area contributed by atoms with Gasteiger partial charge in [-0.15, -0.1) is 0 Å². The number of carbonyl (C=O) groups is 2. The molecule has 2 aliphatic carbocycles. The van der Waals surface area contributed by atoms with Crippen LogP contribution in [0.25, 0.3) is 0 Å². The average molecular weight is 388 g/mol. The smallest absolute Gasteiger partial charge is 0.254 e. The van der Waals surface area contributed by atoms with E-state index in [1.807, 2.05) is 18.2 Å². The number of hydrogen-bond acceptors (Lipinski definition) is 2. The molecule has 0 aromatic heterocycles. The maximum atomic E-state index is 13.5. The third-order valence-corrected chi connectivity index (χ3v) is 7.38. The summed E-state index contributed by atoms with van der Waals surface area (Å²) >= 11 is 0. The molecule has 2 aromatic carbocycles. The summed E-state index contributed by atoms with van der Waals surface area (Å²) in [5.41, 5.74) is 4.01. The van der Waals surface area contributed by atoms with E-state index in [0.29, 0.717) is 29.9 Å². The van der Waals surface area contributed by atoms with Crippen LogP contribution in [0.1, 0.15) is 82.7 Å². The lowest BCUT2D eigenvalue weighted by Crippen LogP contribution is -2.52. The molecule has 1 aliphatic heterocycles. The van der Waals surface area contributed by atoms with Gasteiger partial charge in [-0.1, -0.05) is 49.2 Å². The summed E-state index contributed by atoms with van der Waals surface area (Å²) in [6.07, 6.45) is 8.28. The Morgan fingerprint density at radius 1 is 0.897 bits per heavy atom. The van der Waals surface area contributed by atoms with Crippen LogP contribution in [0.3, 0.4) is 0 Å². The van der Waals surface area contributed by atoms with Gasteiger partial charge in [0.1, 0.15) is 0 Å². The molecule has 0 spiro atoms. The fourth-order valence-electron chi connectivity index (χ4n) is 5.95. The SMILES string of the molecule is O=C1CCCc2ccc(C(=O)N3CC[C@@H](c4ccccc4)[C@@H]4CCCC[C@H]43)cc21. The van der Waals surface area contributed by atoms with Crippen LogP contribution in [0.15, 0.2) is 48.5 Å². The van der Waals surface area contributed by atoms with Crippen molar-refractivity contribution in [3.63, 3.8) is 0 Å². The van der Waals surface area contributed by atoms with Gasteiger partial charge in [0.2, 0.25) is 0 Å². The molecule has 1 saturated heterocycles. The fraction of sp³-hybridized carbons (Fsp3) is 0.462. The second-order valence-corrected chi connectivity index (χ2v) is 8.97. The molecule has 1 amide bonds.